The van der Waals surface area contributed by atoms with E-state index in [9.17, 15) is 19.8 Å². The van der Waals surface area contributed by atoms with Crippen molar-refractivity contribution < 1.29 is 19.8 Å². The van der Waals surface area contributed by atoms with Gasteiger partial charge >= 0.3 is 0 Å². The molecule has 4 aromatic heterocycles. The van der Waals surface area contributed by atoms with Crippen LogP contribution in [0.15, 0.2) is 85.7 Å². The lowest BCUT2D eigenvalue weighted by molar-refractivity contribution is 0.0939. The summed E-state index contributed by atoms with van der Waals surface area (Å²) in [6.45, 7) is 2.38. The Labute approximate surface area is 246 Å². The fourth-order valence-corrected chi connectivity index (χ4v) is 4.22. The van der Waals surface area contributed by atoms with Gasteiger partial charge < -0.3 is 25.4 Å². The predicted molar refractivity (Wildman–Crippen MR) is 159 cm³/mol. The first-order chi connectivity index (χ1) is 20.8. The van der Waals surface area contributed by atoms with Crippen molar-refractivity contribution in [2.45, 2.75) is 20.0 Å². The van der Waals surface area contributed by atoms with Crippen LogP contribution in [0.2, 0.25) is 0 Å². The SMILES string of the molecule is Cc1cnc(CNC(=O)c2ccc3cccnc3c2O)cn1.Cn1ccnc1CNC(=O)c1ccc2cccnc2c1O. The number of rotatable bonds is 6. The first-order valence-electron chi connectivity index (χ1n) is 13.3. The van der Waals surface area contributed by atoms with Crippen LogP contribution in [0.25, 0.3) is 21.8 Å². The van der Waals surface area contributed by atoms with E-state index in [-0.39, 0.29) is 41.0 Å². The van der Waals surface area contributed by atoms with Gasteiger partial charge in [0.15, 0.2) is 11.5 Å². The number of fused-ring (bicyclic) bond motifs is 2. The highest BCUT2D eigenvalue weighted by atomic mass is 16.3. The van der Waals surface area contributed by atoms with Gasteiger partial charge in [-0.1, -0.05) is 24.3 Å². The molecular formula is C31H28N8O4. The van der Waals surface area contributed by atoms with Crippen LogP contribution in [-0.4, -0.2) is 51.5 Å². The summed E-state index contributed by atoms with van der Waals surface area (Å²) >= 11 is 0. The van der Waals surface area contributed by atoms with Crippen molar-refractivity contribution in [3.63, 3.8) is 0 Å². The zero-order valence-corrected chi connectivity index (χ0v) is 23.4. The fraction of sp³-hybridized carbons (Fsp3) is 0.129. The Hall–Kier alpha value is -5.91. The van der Waals surface area contributed by atoms with E-state index < -0.39 is 0 Å². The number of phenolic OH excluding ortho intramolecular Hbond substituents is 2. The van der Waals surface area contributed by atoms with E-state index in [1.54, 1.807) is 73.6 Å². The Bertz CT molecular complexity index is 1920. The van der Waals surface area contributed by atoms with E-state index >= 15 is 0 Å². The number of carbonyl (C=O) groups excluding carboxylic acids is 2. The molecule has 0 saturated carbocycles. The molecule has 216 valence electrons. The maximum Gasteiger partial charge on any atom is 0.255 e. The summed E-state index contributed by atoms with van der Waals surface area (Å²) in [7, 11) is 1.85. The Balaban J connectivity index is 0.000000171. The third-order valence-electron chi connectivity index (χ3n) is 6.58. The normalized spacial score (nSPS) is 10.7. The first-order valence-corrected chi connectivity index (χ1v) is 13.3. The summed E-state index contributed by atoms with van der Waals surface area (Å²) in [5.41, 5.74) is 2.68. The third-order valence-corrected chi connectivity index (χ3v) is 6.58. The number of aromatic hydroxyl groups is 2. The quantitative estimate of drug-likeness (QED) is 0.232. The summed E-state index contributed by atoms with van der Waals surface area (Å²) in [5, 5.41) is 27.4. The number of imidazole rings is 1. The van der Waals surface area contributed by atoms with Crippen LogP contribution >= 0.6 is 0 Å². The average Bonchev–Trinajstić information content (AvgIpc) is 3.44. The molecule has 12 nitrogen and oxygen atoms in total. The number of benzene rings is 2. The lowest BCUT2D eigenvalue weighted by atomic mass is 10.1. The molecule has 2 aromatic carbocycles. The number of nitrogens with zero attached hydrogens (tertiary/aromatic N) is 6. The van der Waals surface area contributed by atoms with Gasteiger partial charge in [0, 0.05) is 48.8 Å². The summed E-state index contributed by atoms with van der Waals surface area (Å²) in [6, 6.07) is 13.9. The maximum absolute atomic E-state index is 12.2. The molecule has 0 aliphatic rings. The fourth-order valence-electron chi connectivity index (χ4n) is 4.22. The van der Waals surface area contributed by atoms with Gasteiger partial charge in [0.1, 0.15) is 16.9 Å². The molecule has 0 aliphatic heterocycles. The summed E-state index contributed by atoms with van der Waals surface area (Å²) < 4.78 is 1.82. The van der Waals surface area contributed by atoms with E-state index in [1.165, 1.54) is 0 Å². The number of carbonyl (C=O) groups is 2. The molecule has 0 aliphatic carbocycles. The van der Waals surface area contributed by atoms with Crippen LogP contribution in [0.1, 0.15) is 37.9 Å². The summed E-state index contributed by atoms with van der Waals surface area (Å²) in [5.74, 6) is -0.228. The molecule has 6 rings (SSSR count). The van der Waals surface area contributed by atoms with E-state index in [0.29, 0.717) is 23.3 Å². The zero-order valence-electron chi connectivity index (χ0n) is 23.4. The van der Waals surface area contributed by atoms with Crippen LogP contribution in [0.5, 0.6) is 11.5 Å². The highest BCUT2D eigenvalue weighted by molar-refractivity contribution is 6.03. The van der Waals surface area contributed by atoms with Crippen molar-refractivity contribution in [3.8, 4) is 11.5 Å². The first kappa shape index (κ1) is 28.6. The number of hydrogen-bond donors (Lipinski definition) is 4. The summed E-state index contributed by atoms with van der Waals surface area (Å²) in [4.78, 5) is 45.0. The van der Waals surface area contributed by atoms with Crippen LogP contribution in [0.4, 0.5) is 0 Å². The molecule has 0 spiro atoms. The Morgan fingerprint density at radius 2 is 1.30 bits per heavy atom. The molecule has 4 heterocycles. The molecule has 0 unspecified atom stereocenters. The third kappa shape index (κ3) is 6.54. The van der Waals surface area contributed by atoms with Crippen molar-refractivity contribution in [2.24, 2.45) is 7.05 Å². The minimum Gasteiger partial charge on any atom is -0.505 e. The number of phenols is 2. The molecular weight excluding hydrogens is 548 g/mol. The Kier molecular flexibility index (Phi) is 8.47. The maximum atomic E-state index is 12.2. The van der Waals surface area contributed by atoms with Gasteiger partial charge in [-0.25, -0.2) is 4.98 Å². The van der Waals surface area contributed by atoms with Gasteiger partial charge in [-0.2, -0.15) is 0 Å². The summed E-state index contributed by atoms with van der Waals surface area (Å²) in [6.07, 6.45) is 9.87. The molecule has 2 amide bonds. The second kappa shape index (κ2) is 12.7. The van der Waals surface area contributed by atoms with E-state index in [0.717, 1.165) is 22.3 Å². The topological polar surface area (TPSA) is 168 Å². The van der Waals surface area contributed by atoms with Crippen LogP contribution in [0.3, 0.4) is 0 Å². The Morgan fingerprint density at radius 1 is 0.721 bits per heavy atom. The van der Waals surface area contributed by atoms with Gasteiger partial charge in [-0.05, 0) is 31.2 Å². The van der Waals surface area contributed by atoms with Gasteiger partial charge in [0.25, 0.3) is 11.8 Å². The molecule has 12 heteroatoms. The number of aryl methyl sites for hydroxylation is 2. The van der Waals surface area contributed by atoms with E-state index in [1.807, 2.05) is 30.7 Å². The van der Waals surface area contributed by atoms with Crippen LogP contribution in [-0.2, 0) is 20.1 Å². The van der Waals surface area contributed by atoms with Gasteiger partial charge in [0.2, 0.25) is 0 Å². The highest BCUT2D eigenvalue weighted by Gasteiger charge is 2.16. The molecule has 43 heavy (non-hydrogen) atoms. The number of pyridine rings is 2. The molecule has 4 N–H and O–H groups in total. The number of hydrogen-bond acceptors (Lipinski definition) is 9. The standard InChI is InChI=1S/C16H14N4O2.C15H14N4O2/c1-10-7-19-12(8-18-10)9-20-16(22)13-5-4-11-3-2-6-17-14(11)15(13)21;1-19-8-7-16-12(19)9-18-15(21)11-5-4-10-3-2-6-17-13(10)14(11)20/h2-8,21H,9H2,1H3,(H,20,22);2-8,20H,9H2,1H3,(H,18,21). The molecule has 0 radical (unpaired) electrons. The smallest absolute Gasteiger partial charge is 0.255 e. The average molecular weight is 577 g/mol. The van der Waals surface area contributed by atoms with Crippen molar-refractivity contribution in [3.05, 3.63) is 114 Å². The predicted octanol–water partition coefficient (Wildman–Crippen LogP) is 3.57. The minimum absolute atomic E-state index is 0.106. The van der Waals surface area contributed by atoms with Crippen molar-refractivity contribution >= 4 is 33.6 Å². The van der Waals surface area contributed by atoms with Crippen LogP contribution in [0, 0.1) is 6.92 Å². The highest BCUT2D eigenvalue weighted by Crippen LogP contribution is 2.27. The number of aromatic nitrogens is 6. The number of nitrogens with one attached hydrogen (secondary N) is 2. The lowest BCUT2D eigenvalue weighted by Crippen LogP contribution is -2.24. The van der Waals surface area contributed by atoms with Gasteiger partial charge in [0.05, 0.1) is 41.8 Å². The van der Waals surface area contributed by atoms with Gasteiger partial charge in [-0.3, -0.25) is 29.5 Å². The largest absolute Gasteiger partial charge is 0.505 e. The lowest BCUT2D eigenvalue weighted by Gasteiger charge is -2.08. The molecule has 6 aromatic rings. The second-order valence-corrected chi connectivity index (χ2v) is 9.54. The molecule has 0 bridgehead atoms. The Morgan fingerprint density at radius 3 is 1.81 bits per heavy atom. The monoisotopic (exact) mass is 576 g/mol. The van der Waals surface area contributed by atoms with Gasteiger partial charge in [-0.15, -0.1) is 0 Å². The van der Waals surface area contributed by atoms with E-state index in [4.69, 9.17) is 0 Å². The molecule has 0 fully saturated rings. The van der Waals surface area contributed by atoms with Crippen molar-refractivity contribution in [1.82, 2.24) is 40.1 Å². The van der Waals surface area contributed by atoms with Crippen LogP contribution < -0.4 is 10.6 Å². The second-order valence-electron chi connectivity index (χ2n) is 9.54. The van der Waals surface area contributed by atoms with Crippen molar-refractivity contribution in [2.75, 3.05) is 0 Å². The number of amides is 2. The molecule has 0 saturated heterocycles. The zero-order chi connectivity index (χ0) is 30.3. The minimum atomic E-state index is -0.382. The molecule has 0 atom stereocenters. The van der Waals surface area contributed by atoms with E-state index in [2.05, 4.69) is 35.6 Å². The van der Waals surface area contributed by atoms with Crippen molar-refractivity contribution in [1.29, 1.82) is 0 Å².